The van der Waals surface area contributed by atoms with Gasteiger partial charge in [0.05, 0.1) is 5.69 Å². The van der Waals surface area contributed by atoms with E-state index < -0.39 is 5.60 Å². The summed E-state index contributed by atoms with van der Waals surface area (Å²) in [6.07, 6.45) is 6.16. The van der Waals surface area contributed by atoms with E-state index in [1.165, 1.54) is 39.8 Å². The lowest BCUT2D eigenvalue weighted by Crippen LogP contribution is -2.42. The number of carbonyl (C=O) groups excluding carboxylic acids is 1. The van der Waals surface area contributed by atoms with E-state index in [9.17, 15) is 4.79 Å². The molecule has 1 saturated heterocycles. The number of carbonyl (C=O) groups is 1. The molecule has 1 aliphatic carbocycles. The number of hydrogen-bond acceptors (Lipinski definition) is 6. The first-order chi connectivity index (χ1) is 17.3. The summed E-state index contributed by atoms with van der Waals surface area (Å²) in [5, 5.41) is 7.12. The van der Waals surface area contributed by atoms with Gasteiger partial charge in [-0.1, -0.05) is 42.1 Å². The summed E-state index contributed by atoms with van der Waals surface area (Å²) in [5.74, 6) is 1.22. The van der Waals surface area contributed by atoms with E-state index in [-0.39, 0.29) is 6.09 Å². The number of hydrogen-bond donors (Lipinski definition) is 1. The number of nitrogens with zero attached hydrogens (tertiary/aromatic N) is 3. The fourth-order valence-electron chi connectivity index (χ4n) is 4.95. The van der Waals surface area contributed by atoms with Crippen molar-refractivity contribution in [2.75, 3.05) is 25.0 Å². The number of amides is 1. The largest absolute Gasteiger partial charge is 0.444 e. The van der Waals surface area contributed by atoms with Gasteiger partial charge >= 0.3 is 6.09 Å². The number of aryl methyl sites for hydroxylation is 1. The van der Waals surface area contributed by atoms with Crippen molar-refractivity contribution in [1.82, 2.24) is 14.9 Å². The first-order valence-corrected chi connectivity index (χ1v) is 13.9. The molecule has 1 aromatic heterocycles. The van der Waals surface area contributed by atoms with Gasteiger partial charge in [-0.25, -0.2) is 14.8 Å². The number of piperidine rings is 1. The fraction of sp³-hybridized carbons (Fsp3) is 0.483. The third-order valence-electron chi connectivity index (χ3n) is 6.90. The molecule has 6 nitrogen and oxygen atoms in total. The SMILES string of the molecule is CC(C)(C)OC(=O)N1CCC(CNc2nc3c(c(Sc4ccc5ccccc5c4)n2)CCCC3)CC1. The minimum Gasteiger partial charge on any atom is -0.444 e. The van der Waals surface area contributed by atoms with Crippen molar-refractivity contribution in [3.05, 3.63) is 53.7 Å². The molecule has 190 valence electrons. The van der Waals surface area contributed by atoms with Crippen molar-refractivity contribution in [2.45, 2.75) is 74.8 Å². The molecule has 0 unspecified atom stereocenters. The molecular weight excluding hydrogens is 468 g/mol. The Bertz CT molecular complexity index is 1230. The molecular formula is C29H36N4O2S. The lowest BCUT2D eigenvalue weighted by atomic mass is 9.97. The van der Waals surface area contributed by atoms with Crippen LogP contribution < -0.4 is 5.32 Å². The Morgan fingerprint density at radius 2 is 1.81 bits per heavy atom. The predicted octanol–water partition coefficient (Wildman–Crippen LogP) is 6.72. The molecule has 3 aromatic rings. The molecule has 2 aromatic carbocycles. The summed E-state index contributed by atoms with van der Waals surface area (Å²) in [6.45, 7) is 8.01. The van der Waals surface area contributed by atoms with Crippen molar-refractivity contribution < 1.29 is 9.53 Å². The summed E-state index contributed by atoms with van der Waals surface area (Å²) in [4.78, 5) is 25.3. The molecule has 5 rings (SSSR count). The topological polar surface area (TPSA) is 67.3 Å². The van der Waals surface area contributed by atoms with Crippen molar-refractivity contribution in [3.63, 3.8) is 0 Å². The van der Waals surface area contributed by atoms with Crippen molar-refractivity contribution in [2.24, 2.45) is 5.92 Å². The van der Waals surface area contributed by atoms with E-state index in [4.69, 9.17) is 14.7 Å². The summed E-state index contributed by atoms with van der Waals surface area (Å²) < 4.78 is 5.53. The highest BCUT2D eigenvalue weighted by Gasteiger charge is 2.27. The smallest absolute Gasteiger partial charge is 0.410 e. The molecule has 0 radical (unpaired) electrons. The second-order valence-corrected chi connectivity index (χ2v) is 11.9. The van der Waals surface area contributed by atoms with Crippen LogP contribution in [0.5, 0.6) is 0 Å². The zero-order valence-corrected chi connectivity index (χ0v) is 22.4. The van der Waals surface area contributed by atoms with Gasteiger partial charge in [0.15, 0.2) is 0 Å². The van der Waals surface area contributed by atoms with Gasteiger partial charge in [-0.15, -0.1) is 0 Å². The normalized spacial score (nSPS) is 16.6. The number of nitrogens with one attached hydrogen (secondary N) is 1. The molecule has 1 N–H and O–H groups in total. The van der Waals surface area contributed by atoms with Gasteiger partial charge in [-0.3, -0.25) is 0 Å². The second kappa shape index (κ2) is 10.7. The summed E-state index contributed by atoms with van der Waals surface area (Å²) in [7, 11) is 0. The van der Waals surface area contributed by atoms with Gasteiger partial charge in [0.1, 0.15) is 10.6 Å². The Hall–Kier alpha value is -2.80. The maximum Gasteiger partial charge on any atom is 0.410 e. The van der Waals surface area contributed by atoms with Crippen LogP contribution in [0.1, 0.15) is 57.7 Å². The average molecular weight is 505 g/mol. The zero-order chi connectivity index (χ0) is 25.1. The molecule has 0 spiro atoms. The van der Waals surface area contributed by atoms with Crippen LogP contribution in [-0.2, 0) is 17.6 Å². The molecule has 1 aliphatic heterocycles. The van der Waals surface area contributed by atoms with Crippen molar-refractivity contribution >= 4 is 34.6 Å². The maximum absolute atomic E-state index is 12.4. The lowest BCUT2D eigenvalue weighted by Gasteiger charge is -2.33. The zero-order valence-electron chi connectivity index (χ0n) is 21.5. The van der Waals surface area contributed by atoms with Crippen LogP contribution in [-0.4, -0.2) is 46.2 Å². The highest BCUT2D eigenvalue weighted by molar-refractivity contribution is 7.99. The number of fused-ring (bicyclic) bond motifs is 2. The molecule has 1 fully saturated rings. The highest BCUT2D eigenvalue weighted by atomic mass is 32.2. The third kappa shape index (κ3) is 6.12. The van der Waals surface area contributed by atoms with E-state index in [1.807, 2.05) is 25.7 Å². The van der Waals surface area contributed by atoms with Gasteiger partial charge in [0, 0.05) is 30.1 Å². The van der Waals surface area contributed by atoms with E-state index in [1.54, 1.807) is 11.8 Å². The van der Waals surface area contributed by atoms with E-state index >= 15 is 0 Å². The predicted molar refractivity (Wildman–Crippen MR) is 146 cm³/mol. The van der Waals surface area contributed by atoms with E-state index in [0.29, 0.717) is 5.92 Å². The van der Waals surface area contributed by atoms with Crippen LogP contribution in [0, 0.1) is 5.92 Å². The van der Waals surface area contributed by atoms with Gasteiger partial charge in [-0.2, -0.15) is 0 Å². The number of aromatic nitrogens is 2. The fourth-order valence-corrected chi connectivity index (χ4v) is 5.97. The van der Waals surface area contributed by atoms with Gasteiger partial charge < -0.3 is 15.0 Å². The van der Waals surface area contributed by atoms with Crippen LogP contribution in [0.25, 0.3) is 10.8 Å². The number of anilines is 1. The molecule has 0 atom stereocenters. The number of benzene rings is 2. The van der Waals surface area contributed by atoms with Gasteiger partial charge in [0.2, 0.25) is 5.95 Å². The first-order valence-electron chi connectivity index (χ1n) is 13.1. The average Bonchev–Trinajstić information content (AvgIpc) is 2.87. The number of rotatable bonds is 5. The summed E-state index contributed by atoms with van der Waals surface area (Å²) in [6, 6.07) is 15.1. The minimum absolute atomic E-state index is 0.206. The van der Waals surface area contributed by atoms with Crippen molar-refractivity contribution in [3.8, 4) is 0 Å². The molecule has 7 heteroatoms. The molecule has 0 bridgehead atoms. The van der Waals surface area contributed by atoms with Crippen LogP contribution in [0.15, 0.2) is 52.4 Å². The van der Waals surface area contributed by atoms with Crippen LogP contribution in [0.4, 0.5) is 10.7 Å². The quantitative estimate of drug-likeness (QED) is 0.389. The summed E-state index contributed by atoms with van der Waals surface area (Å²) >= 11 is 1.75. The van der Waals surface area contributed by atoms with Crippen LogP contribution in [0.3, 0.4) is 0 Å². The Kier molecular flexibility index (Phi) is 7.37. The molecule has 1 amide bonds. The minimum atomic E-state index is -0.457. The Morgan fingerprint density at radius 1 is 1.06 bits per heavy atom. The monoisotopic (exact) mass is 504 g/mol. The van der Waals surface area contributed by atoms with Crippen LogP contribution in [0.2, 0.25) is 0 Å². The molecule has 0 saturated carbocycles. The van der Waals surface area contributed by atoms with E-state index in [2.05, 4.69) is 47.8 Å². The van der Waals surface area contributed by atoms with Crippen molar-refractivity contribution in [1.29, 1.82) is 0 Å². The third-order valence-corrected chi connectivity index (χ3v) is 7.92. The lowest BCUT2D eigenvalue weighted by molar-refractivity contribution is 0.0188. The number of ether oxygens (including phenoxy) is 1. The summed E-state index contributed by atoms with van der Waals surface area (Å²) in [5.41, 5.74) is 2.05. The Morgan fingerprint density at radius 3 is 2.58 bits per heavy atom. The van der Waals surface area contributed by atoms with Gasteiger partial charge in [0.25, 0.3) is 0 Å². The molecule has 2 aliphatic rings. The Balaban J connectivity index is 1.25. The second-order valence-electron chi connectivity index (χ2n) is 10.9. The standard InChI is InChI=1S/C29H36N4O2S/c1-29(2,3)35-28(34)33-16-14-20(15-17-33)19-30-27-31-25-11-7-6-10-24(25)26(32-27)36-23-13-12-21-8-4-5-9-22(21)18-23/h4-5,8-9,12-13,18,20H,6-7,10-11,14-17,19H2,1-3H3,(H,30,31,32). The first kappa shape index (κ1) is 24.9. The van der Waals surface area contributed by atoms with Crippen LogP contribution >= 0.6 is 11.8 Å². The highest BCUT2D eigenvalue weighted by Crippen LogP contribution is 2.35. The van der Waals surface area contributed by atoms with E-state index in [0.717, 1.165) is 56.3 Å². The van der Waals surface area contributed by atoms with Gasteiger partial charge in [-0.05, 0) is 88.1 Å². The Labute approximate surface area is 218 Å². The number of likely N-dealkylation sites (tertiary alicyclic amines) is 1. The molecule has 36 heavy (non-hydrogen) atoms. The maximum atomic E-state index is 12.4. The molecule has 2 heterocycles.